The first kappa shape index (κ1) is 14.5. The van der Waals surface area contributed by atoms with Gasteiger partial charge in [-0.3, -0.25) is 4.98 Å². The quantitative estimate of drug-likeness (QED) is 0.630. The van der Waals surface area contributed by atoms with Crippen LogP contribution in [0.5, 0.6) is 0 Å². The maximum absolute atomic E-state index is 4.46. The highest BCUT2D eigenvalue weighted by Crippen LogP contribution is 2.33. The van der Waals surface area contributed by atoms with E-state index in [1.165, 1.54) is 22.3 Å². The Morgan fingerprint density at radius 2 is 1.50 bits per heavy atom. The summed E-state index contributed by atoms with van der Waals surface area (Å²) < 4.78 is 0. The van der Waals surface area contributed by atoms with E-state index in [1.54, 1.807) is 0 Å². The van der Waals surface area contributed by atoms with Gasteiger partial charge in [0.1, 0.15) is 0 Å². The monoisotopic (exact) mass is 287 g/mol. The molecule has 1 aromatic heterocycles. The molecule has 0 fully saturated rings. The van der Waals surface area contributed by atoms with Gasteiger partial charge in [0.25, 0.3) is 0 Å². The lowest BCUT2D eigenvalue weighted by Crippen LogP contribution is -2.18. The summed E-state index contributed by atoms with van der Waals surface area (Å²) in [6, 6.07) is 23.4. The summed E-state index contributed by atoms with van der Waals surface area (Å²) in [5, 5.41) is 0. The van der Waals surface area contributed by atoms with E-state index in [-0.39, 0.29) is 5.41 Å². The number of benzene rings is 2. The van der Waals surface area contributed by atoms with Crippen LogP contribution in [0.2, 0.25) is 0 Å². The van der Waals surface area contributed by atoms with Crippen molar-refractivity contribution in [1.82, 2.24) is 4.98 Å². The molecule has 1 nitrogen and oxygen atoms in total. The number of pyridine rings is 1. The molecule has 0 amide bonds. The summed E-state index contributed by atoms with van der Waals surface area (Å²) in [6.45, 7) is 6.71. The molecule has 0 aliphatic carbocycles. The molecule has 0 atom stereocenters. The van der Waals surface area contributed by atoms with E-state index in [2.05, 4.69) is 80.4 Å². The molecule has 0 spiro atoms. The fraction of sp³-hybridized carbons (Fsp3) is 0.190. The standard InChI is InChI=1S/C21H21N/c1-16-15-18(21(2,3)17-9-5-4-6-10-17)12-13-19(16)20-11-7-8-14-22-20/h4-15H,1-3H3. The molecular weight excluding hydrogens is 266 g/mol. The first-order valence-electron chi connectivity index (χ1n) is 7.67. The van der Waals surface area contributed by atoms with E-state index < -0.39 is 0 Å². The topological polar surface area (TPSA) is 12.9 Å². The van der Waals surface area contributed by atoms with Gasteiger partial charge in [-0.15, -0.1) is 0 Å². The number of hydrogen-bond acceptors (Lipinski definition) is 1. The molecule has 0 saturated heterocycles. The smallest absolute Gasteiger partial charge is 0.0704 e. The molecule has 0 aliphatic rings. The van der Waals surface area contributed by atoms with Crippen molar-refractivity contribution in [3.63, 3.8) is 0 Å². The van der Waals surface area contributed by atoms with Gasteiger partial charge < -0.3 is 0 Å². The molecule has 0 bridgehead atoms. The third kappa shape index (κ3) is 2.67. The predicted octanol–water partition coefficient (Wildman–Crippen LogP) is 5.38. The van der Waals surface area contributed by atoms with Crippen molar-refractivity contribution in [1.29, 1.82) is 0 Å². The van der Waals surface area contributed by atoms with E-state index in [0.717, 1.165) is 5.69 Å². The summed E-state index contributed by atoms with van der Waals surface area (Å²) in [5.74, 6) is 0. The number of hydrogen-bond donors (Lipinski definition) is 0. The summed E-state index contributed by atoms with van der Waals surface area (Å²) >= 11 is 0. The second kappa shape index (κ2) is 5.76. The van der Waals surface area contributed by atoms with Gasteiger partial charge in [0.2, 0.25) is 0 Å². The Bertz CT molecular complexity index is 758. The Kier molecular flexibility index (Phi) is 3.81. The van der Waals surface area contributed by atoms with Crippen molar-refractivity contribution in [3.05, 3.63) is 89.6 Å². The molecule has 0 radical (unpaired) electrons. The summed E-state index contributed by atoms with van der Waals surface area (Å²) in [4.78, 5) is 4.46. The minimum Gasteiger partial charge on any atom is -0.256 e. The first-order valence-corrected chi connectivity index (χ1v) is 7.67. The van der Waals surface area contributed by atoms with Crippen molar-refractivity contribution in [2.24, 2.45) is 0 Å². The normalized spacial score (nSPS) is 11.4. The van der Waals surface area contributed by atoms with Gasteiger partial charge in [0, 0.05) is 17.2 Å². The molecule has 110 valence electrons. The van der Waals surface area contributed by atoms with Gasteiger partial charge in [-0.1, -0.05) is 68.4 Å². The third-order valence-corrected chi connectivity index (χ3v) is 4.38. The van der Waals surface area contributed by atoms with Gasteiger partial charge in [0.05, 0.1) is 5.69 Å². The minimum atomic E-state index is -0.00529. The van der Waals surface area contributed by atoms with E-state index in [4.69, 9.17) is 0 Å². The van der Waals surface area contributed by atoms with Gasteiger partial charge in [-0.25, -0.2) is 0 Å². The molecule has 3 rings (SSSR count). The van der Waals surface area contributed by atoms with Crippen molar-refractivity contribution in [3.8, 4) is 11.3 Å². The average molecular weight is 287 g/mol. The Balaban J connectivity index is 2.02. The number of aryl methyl sites for hydroxylation is 1. The maximum atomic E-state index is 4.46. The van der Waals surface area contributed by atoms with E-state index in [1.807, 2.05) is 18.3 Å². The lowest BCUT2D eigenvalue weighted by Gasteiger charge is -2.27. The van der Waals surface area contributed by atoms with Crippen LogP contribution in [0.25, 0.3) is 11.3 Å². The second-order valence-corrected chi connectivity index (χ2v) is 6.24. The van der Waals surface area contributed by atoms with Crippen LogP contribution in [0.3, 0.4) is 0 Å². The van der Waals surface area contributed by atoms with E-state index >= 15 is 0 Å². The molecule has 0 unspecified atom stereocenters. The maximum Gasteiger partial charge on any atom is 0.0704 e. The van der Waals surface area contributed by atoms with Crippen molar-refractivity contribution < 1.29 is 0 Å². The van der Waals surface area contributed by atoms with E-state index in [9.17, 15) is 0 Å². The zero-order valence-corrected chi connectivity index (χ0v) is 13.4. The Labute approximate surface area is 132 Å². The van der Waals surface area contributed by atoms with Crippen molar-refractivity contribution >= 4 is 0 Å². The molecule has 22 heavy (non-hydrogen) atoms. The number of nitrogens with zero attached hydrogens (tertiary/aromatic N) is 1. The van der Waals surface area contributed by atoms with Crippen LogP contribution in [-0.2, 0) is 5.41 Å². The Morgan fingerprint density at radius 1 is 0.773 bits per heavy atom. The zero-order chi connectivity index (χ0) is 15.6. The van der Waals surface area contributed by atoms with Gasteiger partial charge in [-0.05, 0) is 35.7 Å². The minimum absolute atomic E-state index is 0.00529. The average Bonchev–Trinajstić information content (AvgIpc) is 2.56. The molecule has 3 aromatic rings. The largest absolute Gasteiger partial charge is 0.256 e. The Morgan fingerprint density at radius 3 is 2.14 bits per heavy atom. The molecule has 0 saturated carbocycles. The summed E-state index contributed by atoms with van der Waals surface area (Å²) in [5.41, 5.74) is 6.16. The zero-order valence-electron chi connectivity index (χ0n) is 13.4. The second-order valence-electron chi connectivity index (χ2n) is 6.24. The third-order valence-electron chi connectivity index (χ3n) is 4.38. The van der Waals surface area contributed by atoms with Crippen LogP contribution >= 0.6 is 0 Å². The molecule has 1 heteroatoms. The highest BCUT2D eigenvalue weighted by Gasteiger charge is 2.23. The lowest BCUT2D eigenvalue weighted by molar-refractivity contribution is 0.640. The first-order chi connectivity index (χ1) is 10.6. The predicted molar refractivity (Wildman–Crippen MR) is 93.0 cm³/mol. The van der Waals surface area contributed by atoms with Crippen LogP contribution in [0.4, 0.5) is 0 Å². The van der Waals surface area contributed by atoms with Crippen LogP contribution in [-0.4, -0.2) is 4.98 Å². The van der Waals surface area contributed by atoms with Crippen molar-refractivity contribution in [2.75, 3.05) is 0 Å². The van der Waals surface area contributed by atoms with Crippen molar-refractivity contribution in [2.45, 2.75) is 26.2 Å². The van der Waals surface area contributed by atoms with Crippen LogP contribution in [0.1, 0.15) is 30.5 Å². The van der Waals surface area contributed by atoms with Crippen LogP contribution in [0.15, 0.2) is 72.9 Å². The highest BCUT2D eigenvalue weighted by molar-refractivity contribution is 5.64. The van der Waals surface area contributed by atoms with Gasteiger partial charge >= 0.3 is 0 Å². The fourth-order valence-corrected chi connectivity index (χ4v) is 2.88. The Hall–Kier alpha value is -2.41. The number of aromatic nitrogens is 1. The number of rotatable bonds is 3. The molecule has 0 aliphatic heterocycles. The molecule has 1 heterocycles. The molecular formula is C21H21N. The highest BCUT2D eigenvalue weighted by atomic mass is 14.7. The van der Waals surface area contributed by atoms with Crippen LogP contribution < -0.4 is 0 Å². The van der Waals surface area contributed by atoms with Gasteiger partial charge in [-0.2, -0.15) is 0 Å². The SMILES string of the molecule is Cc1cc(C(C)(C)c2ccccc2)ccc1-c1ccccn1. The summed E-state index contributed by atoms with van der Waals surface area (Å²) in [7, 11) is 0. The molecule has 0 N–H and O–H groups in total. The van der Waals surface area contributed by atoms with E-state index in [0.29, 0.717) is 0 Å². The van der Waals surface area contributed by atoms with Gasteiger partial charge in [0.15, 0.2) is 0 Å². The fourth-order valence-electron chi connectivity index (χ4n) is 2.88. The molecule has 2 aromatic carbocycles. The summed E-state index contributed by atoms with van der Waals surface area (Å²) in [6.07, 6.45) is 1.84. The lowest BCUT2D eigenvalue weighted by atomic mass is 9.77. The van der Waals surface area contributed by atoms with Crippen LogP contribution in [0, 0.1) is 6.92 Å².